The molecule has 3 aromatic heterocycles. The summed E-state index contributed by atoms with van der Waals surface area (Å²) in [5, 5.41) is 2.68. The molecule has 0 bridgehead atoms. The summed E-state index contributed by atoms with van der Waals surface area (Å²) in [5.41, 5.74) is 0.973. The summed E-state index contributed by atoms with van der Waals surface area (Å²) in [4.78, 5) is 36.0. The Labute approximate surface area is 196 Å². The number of nitrogens with one attached hydrogen (secondary N) is 2. The highest BCUT2D eigenvalue weighted by Crippen LogP contribution is 2.39. The topological polar surface area (TPSA) is 87.3 Å². The Balaban J connectivity index is 1.55. The lowest BCUT2D eigenvalue weighted by Gasteiger charge is -2.30. The van der Waals surface area contributed by atoms with Gasteiger partial charge in [0.05, 0.1) is 32.8 Å². The number of rotatable bonds is 5. The number of aromatic amines is 1. The number of thiophene rings is 2. The summed E-state index contributed by atoms with van der Waals surface area (Å²) >= 11 is 5.87. The molecule has 2 N–H and O–H groups in total. The molecule has 0 aromatic carbocycles. The molecule has 0 saturated carbocycles. The van der Waals surface area contributed by atoms with Gasteiger partial charge in [-0.1, -0.05) is 13.8 Å². The average molecular weight is 558 g/mol. The normalized spacial score (nSPS) is 17.6. The molecular formula is C20H23IN4O3S2. The van der Waals surface area contributed by atoms with Gasteiger partial charge in [-0.15, -0.1) is 22.7 Å². The van der Waals surface area contributed by atoms with Crippen molar-refractivity contribution in [1.82, 2.24) is 20.2 Å². The minimum Gasteiger partial charge on any atom is -0.453 e. The van der Waals surface area contributed by atoms with Gasteiger partial charge in [-0.05, 0) is 53.5 Å². The van der Waals surface area contributed by atoms with Crippen molar-refractivity contribution >= 4 is 66.7 Å². The third kappa shape index (κ3) is 4.22. The van der Waals surface area contributed by atoms with Crippen molar-refractivity contribution in [3.63, 3.8) is 0 Å². The number of carbonyl (C=O) groups is 2. The van der Waals surface area contributed by atoms with E-state index in [-0.39, 0.29) is 17.9 Å². The van der Waals surface area contributed by atoms with Gasteiger partial charge >= 0.3 is 6.09 Å². The first-order valence-electron chi connectivity index (χ1n) is 9.76. The minimum absolute atomic E-state index is 0.0492. The smallest absolute Gasteiger partial charge is 0.407 e. The monoisotopic (exact) mass is 558 g/mol. The molecule has 0 aliphatic carbocycles. The van der Waals surface area contributed by atoms with Crippen LogP contribution < -0.4 is 5.32 Å². The predicted octanol–water partition coefficient (Wildman–Crippen LogP) is 5.00. The van der Waals surface area contributed by atoms with Gasteiger partial charge in [0.1, 0.15) is 11.9 Å². The van der Waals surface area contributed by atoms with Gasteiger partial charge in [-0.3, -0.25) is 4.79 Å². The van der Waals surface area contributed by atoms with E-state index in [9.17, 15) is 9.59 Å². The van der Waals surface area contributed by atoms with E-state index in [0.717, 1.165) is 29.2 Å². The van der Waals surface area contributed by atoms with Crippen molar-refractivity contribution in [3.8, 4) is 10.6 Å². The van der Waals surface area contributed by atoms with Crippen LogP contribution in [0.25, 0.3) is 20.0 Å². The molecular weight excluding hydrogens is 535 g/mol. The highest BCUT2D eigenvalue weighted by atomic mass is 127. The molecule has 2 amide bonds. The third-order valence-corrected chi connectivity index (χ3v) is 8.37. The minimum atomic E-state index is -0.626. The molecule has 30 heavy (non-hydrogen) atoms. The van der Waals surface area contributed by atoms with Crippen LogP contribution in [0.5, 0.6) is 0 Å². The molecule has 2 atom stereocenters. The summed E-state index contributed by atoms with van der Waals surface area (Å²) in [6.07, 6.45) is 3.01. The lowest BCUT2D eigenvalue weighted by molar-refractivity contribution is -0.135. The molecule has 160 valence electrons. The van der Waals surface area contributed by atoms with E-state index in [0.29, 0.717) is 6.54 Å². The van der Waals surface area contributed by atoms with Gasteiger partial charge in [-0.2, -0.15) is 0 Å². The number of carbonyl (C=O) groups excluding carboxylic acids is 2. The lowest BCUT2D eigenvalue weighted by atomic mass is 10.0. The molecule has 1 unspecified atom stereocenters. The van der Waals surface area contributed by atoms with Gasteiger partial charge in [0.15, 0.2) is 0 Å². The van der Waals surface area contributed by atoms with Crippen molar-refractivity contribution in [3.05, 3.63) is 27.0 Å². The number of nitrogens with zero attached hydrogens (tertiary/aromatic N) is 2. The maximum atomic E-state index is 13.2. The standard InChI is InChI=1S/C20H23IN4O3S2/c1-10(2)17(24-20(27)28-3)19(26)25-6-4-5-12(25)18-22-9-11(23-18)13-7-14-15(29-13)8-16(21)30-14/h7-10,12,17H,4-6H2,1-3H3,(H,22,23)(H,24,27)/t12-,17?/m0/s1. The largest absolute Gasteiger partial charge is 0.453 e. The number of H-pyrrole nitrogens is 1. The van der Waals surface area contributed by atoms with Crippen LogP contribution in [0.4, 0.5) is 4.79 Å². The summed E-state index contributed by atoms with van der Waals surface area (Å²) < 4.78 is 8.54. The molecule has 1 saturated heterocycles. The fourth-order valence-electron chi connectivity index (χ4n) is 3.76. The van der Waals surface area contributed by atoms with Crippen LogP contribution in [-0.2, 0) is 9.53 Å². The Morgan fingerprint density at radius 1 is 1.33 bits per heavy atom. The van der Waals surface area contributed by atoms with E-state index >= 15 is 0 Å². The number of hydrogen-bond acceptors (Lipinski definition) is 6. The fraction of sp³-hybridized carbons (Fsp3) is 0.450. The number of hydrogen-bond donors (Lipinski definition) is 2. The maximum absolute atomic E-state index is 13.2. The van der Waals surface area contributed by atoms with Crippen molar-refractivity contribution in [2.24, 2.45) is 5.92 Å². The Kier molecular flexibility index (Phi) is 6.35. The number of fused-ring (bicyclic) bond motifs is 1. The van der Waals surface area contributed by atoms with E-state index in [2.05, 4.69) is 50.0 Å². The molecule has 1 fully saturated rings. The average Bonchev–Trinajstić information content (AvgIpc) is 3.46. The number of methoxy groups -OCH3 is 1. The second-order valence-electron chi connectivity index (χ2n) is 7.62. The van der Waals surface area contributed by atoms with Crippen LogP contribution >= 0.6 is 45.3 Å². The van der Waals surface area contributed by atoms with Crippen LogP contribution in [0, 0.1) is 8.80 Å². The van der Waals surface area contributed by atoms with E-state index in [1.54, 1.807) is 22.7 Å². The van der Waals surface area contributed by atoms with Crippen molar-refractivity contribution in [1.29, 1.82) is 0 Å². The zero-order valence-corrected chi connectivity index (χ0v) is 20.7. The number of likely N-dealkylation sites (tertiary alicyclic amines) is 1. The van der Waals surface area contributed by atoms with Crippen molar-refractivity contribution in [2.45, 2.75) is 38.8 Å². The lowest BCUT2D eigenvalue weighted by Crippen LogP contribution is -2.51. The number of ether oxygens (including phenoxy) is 1. The number of alkyl carbamates (subject to hydrolysis) is 1. The second-order valence-corrected chi connectivity index (χ2v) is 11.7. The molecule has 3 aromatic rings. The summed E-state index contributed by atoms with van der Waals surface area (Å²) in [6, 6.07) is 3.65. The van der Waals surface area contributed by atoms with E-state index in [4.69, 9.17) is 4.74 Å². The van der Waals surface area contributed by atoms with E-state index in [1.165, 1.54) is 19.4 Å². The molecule has 4 rings (SSSR count). The zero-order valence-electron chi connectivity index (χ0n) is 16.9. The molecule has 1 aliphatic rings. The highest BCUT2D eigenvalue weighted by Gasteiger charge is 2.37. The first-order valence-corrected chi connectivity index (χ1v) is 12.5. The summed E-state index contributed by atoms with van der Waals surface area (Å²) in [6.45, 7) is 4.48. The van der Waals surface area contributed by atoms with Gasteiger partial charge in [0, 0.05) is 15.9 Å². The fourth-order valence-corrected chi connectivity index (χ4v) is 7.08. The highest BCUT2D eigenvalue weighted by molar-refractivity contribution is 14.1. The molecule has 1 aliphatic heterocycles. The molecule has 0 spiro atoms. The third-order valence-electron chi connectivity index (χ3n) is 5.28. The Morgan fingerprint density at radius 2 is 2.10 bits per heavy atom. The van der Waals surface area contributed by atoms with Gasteiger partial charge in [-0.25, -0.2) is 9.78 Å². The quantitative estimate of drug-likeness (QED) is 0.432. The van der Waals surface area contributed by atoms with Crippen LogP contribution in [0.2, 0.25) is 0 Å². The predicted molar refractivity (Wildman–Crippen MR) is 128 cm³/mol. The zero-order chi connectivity index (χ0) is 21.4. The van der Waals surface area contributed by atoms with Gasteiger partial charge in [0.25, 0.3) is 0 Å². The molecule has 0 radical (unpaired) electrons. The Bertz CT molecular complexity index is 1040. The molecule has 4 heterocycles. The van der Waals surface area contributed by atoms with Gasteiger partial charge < -0.3 is 19.9 Å². The number of imidazole rings is 1. The first kappa shape index (κ1) is 21.6. The van der Waals surface area contributed by atoms with Crippen LogP contribution in [0.15, 0.2) is 18.3 Å². The first-order chi connectivity index (χ1) is 14.4. The molecule has 10 heteroatoms. The summed E-state index contributed by atoms with van der Waals surface area (Å²) in [5.74, 6) is 0.650. The van der Waals surface area contributed by atoms with E-state index < -0.39 is 12.1 Å². The van der Waals surface area contributed by atoms with Crippen LogP contribution in [0.3, 0.4) is 0 Å². The number of amides is 2. The SMILES string of the molecule is COC(=O)NC(C(=O)N1CCC[C@H]1c1ncc(-c2cc3sc(I)cc3s2)[nH]1)C(C)C. The maximum Gasteiger partial charge on any atom is 0.407 e. The number of halogens is 1. The number of aromatic nitrogens is 2. The van der Waals surface area contributed by atoms with Crippen molar-refractivity contribution in [2.75, 3.05) is 13.7 Å². The van der Waals surface area contributed by atoms with E-state index in [1.807, 2.05) is 24.9 Å². The van der Waals surface area contributed by atoms with Crippen LogP contribution in [0.1, 0.15) is 38.6 Å². The van der Waals surface area contributed by atoms with Crippen LogP contribution in [-0.4, -0.2) is 46.6 Å². The Hall–Kier alpha value is -1.66. The molecule has 7 nitrogen and oxygen atoms in total. The Morgan fingerprint density at radius 3 is 2.80 bits per heavy atom. The van der Waals surface area contributed by atoms with Gasteiger partial charge in [0.2, 0.25) is 5.91 Å². The van der Waals surface area contributed by atoms with Crippen molar-refractivity contribution < 1.29 is 14.3 Å². The summed E-state index contributed by atoms with van der Waals surface area (Å²) in [7, 11) is 1.30. The second kappa shape index (κ2) is 8.83.